The third-order valence-electron chi connectivity index (χ3n) is 8.77. The zero-order chi connectivity index (χ0) is 30.0. The molecule has 2 heterocycles. The first-order valence-corrected chi connectivity index (χ1v) is 15.2. The van der Waals surface area contributed by atoms with Crippen LogP contribution in [0.2, 0.25) is 0 Å². The first-order valence-electron chi connectivity index (χ1n) is 14.8. The van der Waals surface area contributed by atoms with Crippen LogP contribution in [0.15, 0.2) is 48.5 Å². The van der Waals surface area contributed by atoms with E-state index in [2.05, 4.69) is 5.32 Å². The Morgan fingerprint density at radius 1 is 1.00 bits per heavy atom. The van der Waals surface area contributed by atoms with E-state index >= 15 is 0 Å². The summed E-state index contributed by atoms with van der Waals surface area (Å²) in [5.41, 5.74) is 3.82. The number of nitrogens with one attached hydrogen (secondary N) is 1. The van der Waals surface area contributed by atoms with Crippen molar-refractivity contribution in [2.45, 2.75) is 89.3 Å². The number of fused-ring (bicyclic) bond motifs is 4. The van der Waals surface area contributed by atoms with Gasteiger partial charge in [-0.3, -0.25) is 19.3 Å². The summed E-state index contributed by atoms with van der Waals surface area (Å²) < 4.78 is 11.9. The van der Waals surface area contributed by atoms with Gasteiger partial charge in [0, 0.05) is 36.7 Å². The van der Waals surface area contributed by atoms with Crippen LogP contribution in [0.1, 0.15) is 70.1 Å². The van der Waals surface area contributed by atoms with E-state index in [-0.39, 0.29) is 31.0 Å². The van der Waals surface area contributed by atoms with E-state index < -0.39 is 41.5 Å². The Morgan fingerprint density at radius 2 is 1.62 bits per heavy atom. The predicted octanol–water partition coefficient (Wildman–Crippen LogP) is 4.80. The average Bonchev–Trinajstić information content (AvgIpc) is 3.54. The van der Waals surface area contributed by atoms with Gasteiger partial charge in [-0.25, -0.2) is 4.79 Å². The fourth-order valence-corrected chi connectivity index (χ4v) is 6.88. The number of carbonyl (C=O) groups is 4. The Labute approximate surface area is 251 Å². The molecule has 0 aromatic heterocycles. The second-order valence-electron chi connectivity index (χ2n) is 11.1. The van der Waals surface area contributed by atoms with Crippen LogP contribution in [0.5, 0.6) is 0 Å². The van der Waals surface area contributed by atoms with Crippen LogP contribution in [0.4, 0.5) is 4.79 Å². The van der Waals surface area contributed by atoms with E-state index in [0.717, 1.165) is 22.3 Å². The minimum atomic E-state index is -0.919. The highest BCUT2D eigenvalue weighted by Gasteiger charge is 2.45. The lowest BCUT2D eigenvalue weighted by atomic mass is 9.96. The molecule has 2 aromatic rings. The smallest absolute Gasteiger partial charge is 0.411 e. The zero-order valence-electron chi connectivity index (χ0n) is 24.3. The highest BCUT2D eigenvalue weighted by atomic mass is 35.5. The number of amides is 3. The highest BCUT2D eigenvalue weighted by molar-refractivity contribution is 6.64. The van der Waals surface area contributed by atoms with Crippen molar-refractivity contribution < 1.29 is 28.7 Å². The van der Waals surface area contributed by atoms with E-state index in [0.29, 0.717) is 32.3 Å². The van der Waals surface area contributed by atoms with Crippen LogP contribution >= 0.6 is 11.6 Å². The Bertz CT molecular complexity index is 1310. The summed E-state index contributed by atoms with van der Waals surface area (Å²) in [5.74, 6) is -0.828. The number of ether oxygens (including phenoxy) is 2. The minimum absolute atomic E-state index is 0.135. The van der Waals surface area contributed by atoms with E-state index in [1.807, 2.05) is 55.5 Å². The van der Waals surface area contributed by atoms with Crippen molar-refractivity contribution in [1.29, 1.82) is 0 Å². The summed E-state index contributed by atoms with van der Waals surface area (Å²) in [6, 6.07) is 12.9. The van der Waals surface area contributed by atoms with Crippen LogP contribution in [-0.4, -0.2) is 76.4 Å². The SMILES string of the molecule is CCOC1CC[C@H]2CC[C@@H](C(=O)Cl)N2C(=O)[C@@H](NC(=O)[C@H](C)N(CC)C(=O)OC2c3ccccc3-c3ccccc32)C1. The first-order chi connectivity index (χ1) is 20.2. The molecule has 3 amide bonds. The second kappa shape index (κ2) is 12.8. The molecule has 1 unspecified atom stereocenters. The normalized spacial score (nSPS) is 24.1. The summed E-state index contributed by atoms with van der Waals surface area (Å²) in [7, 11) is 0. The molecule has 0 spiro atoms. The van der Waals surface area contributed by atoms with Crippen LogP contribution in [0.25, 0.3) is 11.1 Å². The maximum absolute atomic E-state index is 13.8. The van der Waals surface area contributed by atoms with E-state index in [1.165, 1.54) is 4.90 Å². The van der Waals surface area contributed by atoms with Gasteiger partial charge in [-0.15, -0.1) is 0 Å². The quantitative estimate of drug-likeness (QED) is 0.440. The van der Waals surface area contributed by atoms with E-state index in [4.69, 9.17) is 21.1 Å². The number of benzene rings is 2. The molecule has 2 fully saturated rings. The molecule has 1 N–H and O–H groups in total. The molecule has 2 aromatic carbocycles. The maximum atomic E-state index is 13.8. The monoisotopic (exact) mass is 595 g/mol. The van der Waals surface area contributed by atoms with E-state index in [9.17, 15) is 19.2 Å². The third kappa shape index (κ3) is 5.77. The number of rotatable bonds is 8. The molecule has 9 nitrogen and oxygen atoms in total. The van der Waals surface area contributed by atoms with Gasteiger partial charge in [0.05, 0.1) is 6.10 Å². The van der Waals surface area contributed by atoms with Crippen molar-refractivity contribution in [3.05, 3.63) is 59.7 Å². The van der Waals surface area contributed by atoms with Crippen molar-refractivity contribution in [1.82, 2.24) is 15.1 Å². The number of carbonyl (C=O) groups excluding carboxylic acids is 4. The zero-order valence-corrected chi connectivity index (χ0v) is 25.0. The lowest BCUT2D eigenvalue weighted by molar-refractivity contribution is -0.144. The topological polar surface area (TPSA) is 105 Å². The summed E-state index contributed by atoms with van der Waals surface area (Å²) in [6.45, 7) is 6.00. The number of hydrogen-bond acceptors (Lipinski definition) is 6. The molecule has 224 valence electrons. The van der Waals surface area contributed by atoms with Gasteiger partial charge >= 0.3 is 6.09 Å². The van der Waals surface area contributed by atoms with Gasteiger partial charge in [-0.05, 0) is 69.2 Å². The molecule has 1 aliphatic carbocycles. The number of likely N-dealkylation sites (N-methyl/N-ethyl adjacent to an activating group) is 1. The van der Waals surface area contributed by atoms with Crippen LogP contribution in [0, 0.1) is 0 Å². The number of nitrogens with zero attached hydrogens (tertiary/aromatic N) is 2. The molecule has 0 bridgehead atoms. The molecular formula is C32H38ClN3O6. The molecular weight excluding hydrogens is 558 g/mol. The van der Waals surface area contributed by atoms with E-state index in [1.54, 1.807) is 18.7 Å². The summed E-state index contributed by atoms with van der Waals surface area (Å²) in [4.78, 5) is 56.0. The van der Waals surface area contributed by atoms with Gasteiger partial charge in [0.2, 0.25) is 17.1 Å². The molecule has 0 radical (unpaired) electrons. The lowest BCUT2D eigenvalue weighted by Crippen LogP contribution is -2.58. The molecule has 5 rings (SSSR count). The first kappa shape index (κ1) is 30.0. The third-order valence-corrected chi connectivity index (χ3v) is 9.03. The molecule has 2 aliphatic heterocycles. The molecule has 3 aliphatic rings. The Morgan fingerprint density at radius 3 is 2.21 bits per heavy atom. The van der Waals surface area contributed by atoms with Gasteiger partial charge < -0.3 is 19.7 Å². The van der Waals surface area contributed by atoms with Gasteiger partial charge in [-0.1, -0.05) is 48.5 Å². The second-order valence-corrected chi connectivity index (χ2v) is 11.5. The highest BCUT2D eigenvalue weighted by Crippen LogP contribution is 2.45. The maximum Gasteiger partial charge on any atom is 0.411 e. The summed E-state index contributed by atoms with van der Waals surface area (Å²) >= 11 is 5.87. The number of hydrogen-bond donors (Lipinski definition) is 1. The standard InChI is InChI=1S/C32H38ClN3O6/c1-4-35(32(40)42-28-24-12-8-6-10-22(24)23-11-7-9-13-25(23)28)19(3)30(38)34-26-18-21(41-5-2)16-14-20-15-17-27(29(33)37)36(20)31(26)39/h6-13,19-21,26-28H,4-5,14-18H2,1-3H3,(H,34,38)/t19-,20-,21?,26-,27-/m0/s1. The van der Waals surface area contributed by atoms with Crippen LogP contribution in [0.3, 0.4) is 0 Å². The van der Waals surface area contributed by atoms with Crippen LogP contribution < -0.4 is 5.32 Å². The van der Waals surface area contributed by atoms with Gasteiger partial charge in [0.1, 0.15) is 18.1 Å². The minimum Gasteiger partial charge on any atom is -0.436 e. The summed E-state index contributed by atoms with van der Waals surface area (Å²) in [5, 5.41) is 2.31. The average molecular weight is 596 g/mol. The molecule has 10 heteroatoms. The van der Waals surface area contributed by atoms with Crippen molar-refractivity contribution >= 4 is 34.8 Å². The van der Waals surface area contributed by atoms with Gasteiger partial charge in [-0.2, -0.15) is 0 Å². The van der Waals surface area contributed by atoms with Gasteiger partial charge in [0.15, 0.2) is 6.10 Å². The Balaban J connectivity index is 1.32. The fraction of sp³-hybridized carbons (Fsp3) is 0.500. The predicted molar refractivity (Wildman–Crippen MR) is 158 cm³/mol. The van der Waals surface area contributed by atoms with Crippen molar-refractivity contribution in [2.24, 2.45) is 0 Å². The van der Waals surface area contributed by atoms with Gasteiger partial charge in [0.25, 0.3) is 0 Å². The molecule has 2 saturated heterocycles. The Kier molecular flexibility index (Phi) is 9.18. The van der Waals surface area contributed by atoms with Crippen molar-refractivity contribution in [2.75, 3.05) is 13.2 Å². The lowest BCUT2D eigenvalue weighted by Gasteiger charge is -2.37. The molecule has 0 saturated carbocycles. The molecule has 5 atom stereocenters. The van der Waals surface area contributed by atoms with Crippen LogP contribution in [-0.2, 0) is 23.9 Å². The summed E-state index contributed by atoms with van der Waals surface area (Å²) in [6.07, 6.45) is 1.41. The van der Waals surface area contributed by atoms with Crippen molar-refractivity contribution in [3.63, 3.8) is 0 Å². The largest absolute Gasteiger partial charge is 0.436 e. The number of halogens is 1. The molecule has 42 heavy (non-hydrogen) atoms. The fourth-order valence-electron chi connectivity index (χ4n) is 6.67. The Hall–Kier alpha value is -3.43. The van der Waals surface area contributed by atoms with Crippen molar-refractivity contribution in [3.8, 4) is 11.1 Å².